The standard InChI is InChI=1S/C14H17N3OS/c1-14(2,3)16-13-15-12(17-19-13)10-8-18-11-7-5-4-6-9(10)11/h4-7,10H,8H2,1-3H3,(H,15,16,17). The molecule has 0 aliphatic carbocycles. The van der Waals surface area contributed by atoms with Crippen molar-refractivity contribution in [2.45, 2.75) is 32.2 Å². The summed E-state index contributed by atoms with van der Waals surface area (Å²) in [7, 11) is 0. The number of benzene rings is 1. The molecule has 2 aromatic rings. The van der Waals surface area contributed by atoms with Gasteiger partial charge in [0.25, 0.3) is 0 Å². The maximum atomic E-state index is 5.68. The fourth-order valence-electron chi connectivity index (χ4n) is 2.12. The van der Waals surface area contributed by atoms with E-state index >= 15 is 0 Å². The van der Waals surface area contributed by atoms with Gasteiger partial charge in [0.05, 0.1) is 5.92 Å². The number of nitrogens with one attached hydrogen (secondary N) is 1. The van der Waals surface area contributed by atoms with Crippen molar-refractivity contribution in [2.75, 3.05) is 11.9 Å². The van der Waals surface area contributed by atoms with Crippen molar-refractivity contribution in [3.8, 4) is 5.75 Å². The van der Waals surface area contributed by atoms with Gasteiger partial charge in [0.2, 0.25) is 5.13 Å². The van der Waals surface area contributed by atoms with E-state index in [1.165, 1.54) is 17.1 Å². The van der Waals surface area contributed by atoms with Crippen LogP contribution in [0.25, 0.3) is 0 Å². The first-order chi connectivity index (χ1) is 9.03. The van der Waals surface area contributed by atoms with E-state index < -0.39 is 0 Å². The Morgan fingerprint density at radius 3 is 2.89 bits per heavy atom. The fourth-order valence-corrected chi connectivity index (χ4v) is 2.96. The Morgan fingerprint density at radius 1 is 1.32 bits per heavy atom. The van der Waals surface area contributed by atoms with Gasteiger partial charge in [-0.05, 0) is 26.8 Å². The summed E-state index contributed by atoms with van der Waals surface area (Å²) in [6.07, 6.45) is 0. The van der Waals surface area contributed by atoms with E-state index in [1.807, 2.05) is 18.2 Å². The molecule has 1 aliphatic rings. The van der Waals surface area contributed by atoms with Crippen LogP contribution < -0.4 is 10.1 Å². The highest BCUT2D eigenvalue weighted by Crippen LogP contribution is 2.37. The highest BCUT2D eigenvalue weighted by Gasteiger charge is 2.28. The third kappa shape index (κ3) is 2.56. The lowest BCUT2D eigenvalue weighted by Crippen LogP contribution is -2.25. The van der Waals surface area contributed by atoms with E-state index in [1.54, 1.807) is 0 Å². The van der Waals surface area contributed by atoms with Crippen molar-refractivity contribution in [2.24, 2.45) is 0 Å². The van der Waals surface area contributed by atoms with Crippen molar-refractivity contribution in [1.82, 2.24) is 9.36 Å². The zero-order valence-electron chi connectivity index (χ0n) is 11.3. The Bertz CT molecular complexity index is 588. The largest absolute Gasteiger partial charge is 0.492 e. The minimum atomic E-state index is 0.000880. The Balaban J connectivity index is 1.85. The molecular formula is C14H17N3OS. The number of hydrogen-bond acceptors (Lipinski definition) is 5. The Kier molecular flexibility index (Phi) is 2.93. The molecule has 0 saturated carbocycles. The average Bonchev–Trinajstić information content (AvgIpc) is 2.92. The number of nitrogens with zero attached hydrogens (tertiary/aromatic N) is 2. The highest BCUT2D eigenvalue weighted by atomic mass is 32.1. The van der Waals surface area contributed by atoms with Crippen LogP contribution in [0.15, 0.2) is 24.3 Å². The van der Waals surface area contributed by atoms with Gasteiger partial charge in [0.15, 0.2) is 5.82 Å². The van der Waals surface area contributed by atoms with Crippen LogP contribution in [0.1, 0.15) is 38.1 Å². The van der Waals surface area contributed by atoms with Gasteiger partial charge in [-0.2, -0.15) is 4.37 Å². The van der Waals surface area contributed by atoms with Gasteiger partial charge in [-0.1, -0.05) is 18.2 Å². The third-order valence-electron chi connectivity index (χ3n) is 2.94. The van der Waals surface area contributed by atoms with E-state index in [-0.39, 0.29) is 11.5 Å². The van der Waals surface area contributed by atoms with Gasteiger partial charge in [0, 0.05) is 22.6 Å². The van der Waals surface area contributed by atoms with Crippen molar-refractivity contribution in [3.63, 3.8) is 0 Å². The number of aromatic nitrogens is 2. The average molecular weight is 275 g/mol. The molecule has 0 saturated heterocycles. The van der Waals surface area contributed by atoms with E-state index in [0.717, 1.165) is 16.7 Å². The first kappa shape index (κ1) is 12.4. The molecule has 0 radical (unpaired) electrons. The van der Waals surface area contributed by atoms with Crippen LogP contribution in [0, 0.1) is 0 Å². The lowest BCUT2D eigenvalue weighted by atomic mass is 10.0. The molecule has 1 N–H and O–H groups in total. The van der Waals surface area contributed by atoms with E-state index in [4.69, 9.17) is 4.74 Å². The minimum absolute atomic E-state index is 0.000880. The molecular weight excluding hydrogens is 258 g/mol. The number of para-hydroxylation sites is 1. The SMILES string of the molecule is CC(C)(C)Nc1nc(C2COc3ccccc32)ns1. The van der Waals surface area contributed by atoms with Gasteiger partial charge < -0.3 is 10.1 Å². The Morgan fingerprint density at radius 2 is 2.11 bits per heavy atom. The molecule has 0 bridgehead atoms. The molecule has 5 heteroatoms. The van der Waals surface area contributed by atoms with Gasteiger partial charge in [-0.3, -0.25) is 0 Å². The van der Waals surface area contributed by atoms with Crippen LogP contribution in [0.5, 0.6) is 5.75 Å². The predicted molar refractivity (Wildman–Crippen MR) is 77.1 cm³/mol. The van der Waals surface area contributed by atoms with Crippen molar-refractivity contribution >= 4 is 16.7 Å². The number of hydrogen-bond donors (Lipinski definition) is 1. The van der Waals surface area contributed by atoms with Crippen LogP contribution in [-0.2, 0) is 0 Å². The number of anilines is 1. The summed E-state index contributed by atoms with van der Waals surface area (Å²) in [5.74, 6) is 1.96. The molecule has 3 rings (SSSR count). The minimum Gasteiger partial charge on any atom is -0.492 e. The Labute approximate surface area is 117 Å². The molecule has 0 amide bonds. The molecule has 1 aliphatic heterocycles. The van der Waals surface area contributed by atoms with E-state index in [9.17, 15) is 0 Å². The highest BCUT2D eigenvalue weighted by molar-refractivity contribution is 7.09. The summed E-state index contributed by atoms with van der Waals surface area (Å²) in [5.41, 5.74) is 1.18. The van der Waals surface area contributed by atoms with Gasteiger partial charge in [0.1, 0.15) is 12.4 Å². The van der Waals surface area contributed by atoms with Crippen LogP contribution in [0.3, 0.4) is 0 Å². The molecule has 100 valence electrons. The number of fused-ring (bicyclic) bond motifs is 1. The lowest BCUT2D eigenvalue weighted by molar-refractivity contribution is 0.340. The fraction of sp³-hybridized carbons (Fsp3) is 0.429. The molecule has 0 spiro atoms. The smallest absolute Gasteiger partial charge is 0.202 e. The first-order valence-electron chi connectivity index (χ1n) is 6.36. The maximum Gasteiger partial charge on any atom is 0.202 e. The monoisotopic (exact) mass is 275 g/mol. The normalized spacial score (nSPS) is 17.9. The molecule has 1 aromatic carbocycles. The van der Waals surface area contributed by atoms with Gasteiger partial charge in [-0.25, -0.2) is 4.98 Å². The molecule has 2 heterocycles. The van der Waals surface area contributed by atoms with Gasteiger partial charge >= 0.3 is 0 Å². The Hall–Kier alpha value is -1.62. The third-order valence-corrected chi connectivity index (χ3v) is 3.58. The van der Waals surface area contributed by atoms with Crippen LogP contribution >= 0.6 is 11.5 Å². The van der Waals surface area contributed by atoms with Crippen molar-refractivity contribution < 1.29 is 4.74 Å². The lowest BCUT2D eigenvalue weighted by Gasteiger charge is -2.18. The number of rotatable bonds is 2. The summed E-state index contributed by atoms with van der Waals surface area (Å²) in [4.78, 5) is 4.59. The van der Waals surface area contributed by atoms with Crippen LogP contribution in [0.2, 0.25) is 0 Å². The van der Waals surface area contributed by atoms with Crippen molar-refractivity contribution in [3.05, 3.63) is 35.7 Å². The molecule has 1 aromatic heterocycles. The van der Waals surface area contributed by atoms with Crippen molar-refractivity contribution in [1.29, 1.82) is 0 Å². The zero-order chi connectivity index (χ0) is 13.5. The van der Waals surface area contributed by atoms with Crippen LogP contribution in [-0.4, -0.2) is 21.5 Å². The molecule has 0 fully saturated rings. The zero-order valence-corrected chi connectivity index (χ0v) is 12.1. The second-order valence-corrected chi connectivity index (χ2v) is 6.49. The summed E-state index contributed by atoms with van der Waals surface area (Å²) >= 11 is 1.41. The summed E-state index contributed by atoms with van der Waals surface area (Å²) in [6, 6.07) is 8.10. The first-order valence-corrected chi connectivity index (χ1v) is 7.14. The maximum absolute atomic E-state index is 5.68. The second-order valence-electron chi connectivity index (χ2n) is 5.73. The van der Waals surface area contributed by atoms with E-state index in [2.05, 4.69) is 41.5 Å². The summed E-state index contributed by atoms with van der Waals surface area (Å²) in [5, 5.41) is 4.22. The van der Waals surface area contributed by atoms with E-state index in [0.29, 0.717) is 6.61 Å². The molecule has 19 heavy (non-hydrogen) atoms. The molecule has 1 atom stereocenters. The van der Waals surface area contributed by atoms with Crippen LogP contribution in [0.4, 0.5) is 5.13 Å². The molecule has 1 unspecified atom stereocenters. The second kappa shape index (κ2) is 4.49. The molecule has 4 nitrogen and oxygen atoms in total. The summed E-state index contributed by atoms with van der Waals surface area (Å²) in [6.45, 7) is 6.97. The predicted octanol–water partition coefficient (Wildman–Crippen LogP) is 3.27. The quantitative estimate of drug-likeness (QED) is 0.913. The topological polar surface area (TPSA) is 47.0 Å². The number of ether oxygens (including phenoxy) is 1. The van der Waals surface area contributed by atoms with Gasteiger partial charge in [-0.15, -0.1) is 0 Å². The summed E-state index contributed by atoms with van der Waals surface area (Å²) < 4.78 is 10.1.